The van der Waals surface area contributed by atoms with Gasteiger partial charge in [0, 0.05) is 25.2 Å². The van der Waals surface area contributed by atoms with Crippen molar-refractivity contribution in [2.45, 2.75) is 26.8 Å². The van der Waals surface area contributed by atoms with Gasteiger partial charge in [0.15, 0.2) is 0 Å². The van der Waals surface area contributed by atoms with Gasteiger partial charge in [-0.25, -0.2) is 0 Å². The highest BCUT2D eigenvalue weighted by Gasteiger charge is 2.02. The lowest BCUT2D eigenvalue weighted by Gasteiger charge is -2.10. The van der Waals surface area contributed by atoms with Crippen molar-refractivity contribution in [1.29, 1.82) is 0 Å². The zero-order valence-electron chi connectivity index (χ0n) is 12.6. The summed E-state index contributed by atoms with van der Waals surface area (Å²) >= 11 is 0. The van der Waals surface area contributed by atoms with Crippen LogP contribution in [-0.4, -0.2) is 12.5 Å². The predicted molar refractivity (Wildman–Crippen MR) is 87.3 cm³/mol. The number of anilines is 1. The number of aryl methyl sites for hydroxylation is 2. The third kappa shape index (κ3) is 4.95. The molecule has 0 aliphatic rings. The van der Waals surface area contributed by atoms with Gasteiger partial charge in [-0.15, -0.1) is 0 Å². The maximum Gasteiger partial charge on any atom is 0.222 e. The van der Waals surface area contributed by atoms with Crippen LogP contribution in [0.15, 0.2) is 48.5 Å². The monoisotopic (exact) mass is 282 g/mol. The zero-order chi connectivity index (χ0) is 15.1. The van der Waals surface area contributed by atoms with E-state index in [0.717, 1.165) is 11.3 Å². The lowest BCUT2D eigenvalue weighted by molar-refractivity contribution is -0.121. The highest BCUT2D eigenvalue weighted by Crippen LogP contribution is 2.15. The minimum Gasteiger partial charge on any atom is -0.384 e. The maximum absolute atomic E-state index is 11.8. The molecule has 3 nitrogen and oxygen atoms in total. The second-order valence-electron chi connectivity index (χ2n) is 5.26. The van der Waals surface area contributed by atoms with Crippen molar-refractivity contribution in [2.75, 3.05) is 11.9 Å². The number of rotatable bonds is 6. The number of amides is 1. The molecule has 0 saturated carbocycles. The summed E-state index contributed by atoms with van der Waals surface area (Å²) in [6, 6.07) is 16.2. The van der Waals surface area contributed by atoms with Gasteiger partial charge in [-0.1, -0.05) is 42.5 Å². The molecule has 0 heterocycles. The summed E-state index contributed by atoms with van der Waals surface area (Å²) in [6.07, 6.45) is 0.472. The molecule has 1 amide bonds. The molecule has 0 aliphatic heterocycles. The molecular formula is C18H22N2O. The molecule has 0 saturated heterocycles. The third-order valence-electron chi connectivity index (χ3n) is 3.39. The van der Waals surface area contributed by atoms with E-state index in [4.69, 9.17) is 0 Å². The molecule has 0 bridgehead atoms. The van der Waals surface area contributed by atoms with E-state index in [1.807, 2.05) is 30.3 Å². The van der Waals surface area contributed by atoms with Crippen LogP contribution in [0.1, 0.15) is 23.1 Å². The quantitative estimate of drug-likeness (QED) is 0.852. The summed E-state index contributed by atoms with van der Waals surface area (Å²) in [5.74, 6) is 0.0664. The smallest absolute Gasteiger partial charge is 0.222 e. The Morgan fingerprint density at radius 3 is 2.57 bits per heavy atom. The first kappa shape index (κ1) is 15.1. The van der Waals surface area contributed by atoms with Crippen LogP contribution < -0.4 is 10.6 Å². The summed E-state index contributed by atoms with van der Waals surface area (Å²) < 4.78 is 0. The molecule has 21 heavy (non-hydrogen) atoms. The lowest BCUT2D eigenvalue weighted by atomic mass is 10.1. The Bertz CT molecular complexity index is 593. The van der Waals surface area contributed by atoms with Gasteiger partial charge in [0.1, 0.15) is 0 Å². The first-order valence-corrected chi connectivity index (χ1v) is 7.27. The van der Waals surface area contributed by atoms with Gasteiger partial charge in [-0.2, -0.15) is 0 Å². The highest BCUT2D eigenvalue weighted by atomic mass is 16.1. The Kier molecular flexibility index (Phi) is 5.38. The van der Waals surface area contributed by atoms with E-state index in [1.54, 1.807) is 0 Å². The molecule has 0 radical (unpaired) electrons. The molecule has 0 aliphatic carbocycles. The van der Waals surface area contributed by atoms with Gasteiger partial charge < -0.3 is 10.6 Å². The van der Waals surface area contributed by atoms with E-state index in [2.05, 4.69) is 42.7 Å². The first-order valence-electron chi connectivity index (χ1n) is 7.27. The van der Waals surface area contributed by atoms with Crippen LogP contribution in [0.5, 0.6) is 0 Å². The minimum atomic E-state index is 0.0664. The summed E-state index contributed by atoms with van der Waals surface area (Å²) in [5, 5.41) is 6.25. The fourth-order valence-corrected chi connectivity index (χ4v) is 2.12. The van der Waals surface area contributed by atoms with Crippen LogP contribution in [0.3, 0.4) is 0 Å². The Morgan fingerprint density at radius 1 is 1.05 bits per heavy atom. The summed E-state index contributed by atoms with van der Waals surface area (Å²) in [5.41, 5.74) is 4.64. The van der Waals surface area contributed by atoms with Gasteiger partial charge in [0.25, 0.3) is 0 Å². The Balaban J connectivity index is 1.73. The van der Waals surface area contributed by atoms with Crippen LogP contribution in [0, 0.1) is 13.8 Å². The van der Waals surface area contributed by atoms with Crippen LogP contribution >= 0.6 is 0 Å². The molecule has 2 aromatic carbocycles. The molecule has 2 aromatic rings. The predicted octanol–water partition coefficient (Wildman–Crippen LogP) is 3.42. The average molecular weight is 282 g/mol. The van der Waals surface area contributed by atoms with Gasteiger partial charge in [0.05, 0.1) is 0 Å². The molecule has 110 valence electrons. The second-order valence-corrected chi connectivity index (χ2v) is 5.26. The average Bonchev–Trinajstić information content (AvgIpc) is 2.50. The lowest BCUT2D eigenvalue weighted by Crippen LogP contribution is -2.24. The number of carbonyl (C=O) groups is 1. The van der Waals surface area contributed by atoms with Gasteiger partial charge >= 0.3 is 0 Å². The van der Waals surface area contributed by atoms with Gasteiger partial charge in [0.2, 0.25) is 5.91 Å². The summed E-state index contributed by atoms with van der Waals surface area (Å²) in [4.78, 5) is 11.8. The number of nitrogens with one attached hydrogen (secondary N) is 2. The van der Waals surface area contributed by atoms with Gasteiger partial charge in [-0.05, 0) is 36.6 Å². The summed E-state index contributed by atoms with van der Waals surface area (Å²) in [7, 11) is 0. The van der Waals surface area contributed by atoms with E-state index in [1.165, 1.54) is 11.1 Å². The van der Waals surface area contributed by atoms with Crippen molar-refractivity contribution in [3.8, 4) is 0 Å². The van der Waals surface area contributed by atoms with Crippen molar-refractivity contribution in [3.05, 3.63) is 65.2 Å². The van der Waals surface area contributed by atoms with Gasteiger partial charge in [-0.3, -0.25) is 4.79 Å². The zero-order valence-corrected chi connectivity index (χ0v) is 12.6. The summed E-state index contributed by atoms with van der Waals surface area (Å²) in [6.45, 7) is 5.36. The fourth-order valence-electron chi connectivity index (χ4n) is 2.12. The topological polar surface area (TPSA) is 41.1 Å². The number of hydrogen-bond donors (Lipinski definition) is 2. The first-order chi connectivity index (χ1) is 10.1. The van der Waals surface area contributed by atoms with E-state index in [9.17, 15) is 4.79 Å². The van der Waals surface area contributed by atoms with Crippen molar-refractivity contribution in [2.24, 2.45) is 0 Å². The van der Waals surface area contributed by atoms with E-state index < -0.39 is 0 Å². The molecule has 0 aromatic heterocycles. The van der Waals surface area contributed by atoms with Crippen LogP contribution in [-0.2, 0) is 11.3 Å². The fraction of sp³-hybridized carbons (Fsp3) is 0.278. The molecule has 2 N–H and O–H groups in total. The molecule has 0 fully saturated rings. The normalized spacial score (nSPS) is 10.2. The Labute approximate surface area is 126 Å². The second kappa shape index (κ2) is 7.48. The molecule has 2 rings (SSSR count). The van der Waals surface area contributed by atoms with Crippen molar-refractivity contribution in [1.82, 2.24) is 5.32 Å². The van der Waals surface area contributed by atoms with Crippen molar-refractivity contribution < 1.29 is 4.79 Å². The van der Waals surface area contributed by atoms with Crippen LogP contribution in [0.25, 0.3) is 0 Å². The van der Waals surface area contributed by atoms with Crippen molar-refractivity contribution >= 4 is 11.6 Å². The molecule has 0 unspecified atom stereocenters. The standard InChI is InChI=1S/C18H22N2O/c1-14-8-9-15(2)17(12-14)19-11-10-18(21)20-13-16-6-4-3-5-7-16/h3-9,12,19H,10-11,13H2,1-2H3,(H,20,21). The molecule has 0 atom stereocenters. The Hall–Kier alpha value is -2.29. The number of hydrogen-bond acceptors (Lipinski definition) is 2. The van der Waals surface area contributed by atoms with E-state index in [-0.39, 0.29) is 5.91 Å². The molecular weight excluding hydrogens is 260 g/mol. The number of benzene rings is 2. The molecule has 0 spiro atoms. The minimum absolute atomic E-state index is 0.0664. The van der Waals surface area contributed by atoms with Crippen LogP contribution in [0.4, 0.5) is 5.69 Å². The third-order valence-corrected chi connectivity index (χ3v) is 3.39. The molecule has 3 heteroatoms. The van der Waals surface area contributed by atoms with E-state index in [0.29, 0.717) is 19.5 Å². The largest absolute Gasteiger partial charge is 0.384 e. The van der Waals surface area contributed by atoms with Crippen LogP contribution in [0.2, 0.25) is 0 Å². The van der Waals surface area contributed by atoms with E-state index >= 15 is 0 Å². The number of carbonyl (C=O) groups excluding carboxylic acids is 1. The highest BCUT2D eigenvalue weighted by molar-refractivity contribution is 5.76. The SMILES string of the molecule is Cc1ccc(C)c(NCCC(=O)NCc2ccccc2)c1. The maximum atomic E-state index is 11.8. The van der Waals surface area contributed by atoms with Crippen molar-refractivity contribution in [3.63, 3.8) is 0 Å². The Morgan fingerprint density at radius 2 is 1.81 bits per heavy atom.